The summed E-state index contributed by atoms with van der Waals surface area (Å²) in [6.45, 7) is 11.6. The summed E-state index contributed by atoms with van der Waals surface area (Å²) < 4.78 is 0. The third kappa shape index (κ3) is 5.13. The zero-order valence-electron chi connectivity index (χ0n) is 13.6. The van der Waals surface area contributed by atoms with Crippen molar-refractivity contribution in [3.8, 4) is 0 Å². The first-order valence-electron chi connectivity index (χ1n) is 7.68. The lowest BCUT2D eigenvalue weighted by molar-refractivity contribution is 0.360. The molecule has 0 unspecified atom stereocenters. The van der Waals surface area contributed by atoms with Gasteiger partial charge in [0.05, 0.1) is 5.02 Å². The summed E-state index contributed by atoms with van der Waals surface area (Å²) in [6, 6.07) is 2.13. The number of likely N-dealkylation sites (N-methyl/N-ethyl adjacent to an activating group) is 1. The Hall–Kier alpha value is -0.840. The molecule has 0 aliphatic carbocycles. The number of aromatic nitrogens is 1. The number of pyridine rings is 1. The number of rotatable bonds is 3. The molecule has 1 N–H and O–H groups in total. The second-order valence-electron chi connectivity index (χ2n) is 6.88. The second kappa shape index (κ2) is 6.95. The lowest BCUT2D eigenvalue weighted by atomic mass is 10.1. The molecule has 0 aromatic carbocycles. The number of anilines is 1. The van der Waals surface area contributed by atoms with Crippen LogP contribution in [0.5, 0.6) is 0 Å². The first-order chi connectivity index (χ1) is 9.85. The van der Waals surface area contributed by atoms with Gasteiger partial charge < -0.3 is 15.1 Å². The fourth-order valence-electron chi connectivity index (χ4n) is 2.41. The lowest BCUT2D eigenvalue weighted by Gasteiger charge is -2.24. The van der Waals surface area contributed by atoms with Gasteiger partial charge in [-0.2, -0.15) is 0 Å². The molecule has 1 aromatic rings. The molecule has 4 nitrogen and oxygen atoms in total. The van der Waals surface area contributed by atoms with Crippen LogP contribution in [-0.4, -0.2) is 48.6 Å². The molecule has 0 bridgehead atoms. The number of nitrogens with one attached hydrogen (secondary N) is 1. The summed E-state index contributed by atoms with van der Waals surface area (Å²) >= 11 is 6.29. The van der Waals surface area contributed by atoms with Gasteiger partial charge in [0.15, 0.2) is 0 Å². The van der Waals surface area contributed by atoms with Gasteiger partial charge in [0.1, 0.15) is 5.82 Å². The molecule has 0 atom stereocenters. The van der Waals surface area contributed by atoms with E-state index in [4.69, 9.17) is 11.6 Å². The van der Waals surface area contributed by atoms with Crippen molar-refractivity contribution in [1.82, 2.24) is 15.2 Å². The van der Waals surface area contributed by atoms with Crippen LogP contribution in [0.4, 0.5) is 5.82 Å². The summed E-state index contributed by atoms with van der Waals surface area (Å²) in [6.07, 6.45) is 2.96. The molecule has 1 fully saturated rings. The predicted octanol–water partition coefficient (Wildman–Crippen LogP) is 2.77. The highest BCUT2D eigenvalue weighted by molar-refractivity contribution is 6.31. The SMILES string of the molecule is CN1CCCN(c2cc(CNC(C)(C)C)c(Cl)cn2)CC1. The van der Waals surface area contributed by atoms with Crippen LogP contribution in [0.1, 0.15) is 32.8 Å². The molecule has 2 heterocycles. The average Bonchev–Trinajstić information content (AvgIpc) is 2.62. The molecule has 1 aliphatic heterocycles. The highest BCUT2D eigenvalue weighted by Gasteiger charge is 2.16. The fraction of sp³-hybridized carbons (Fsp3) is 0.688. The van der Waals surface area contributed by atoms with E-state index in [1.54, 1.807) is 6.20 Å². The van der Waals surface area contributed by atoms with Gasteiger partial charge >= 0.3 is 0 Å². The van der Waals surface area contributed by atoms with Crippen molar-refractivity contribution in [2.75, 3.05) is 38.1 Å². The van der Waals surface area contributed by atoms with Crippen LogP contribution in [0, 0.1) is 0 Å². The maximum atomic E-state index is 6.29. The molecular weight excluding hydrogens is 284 g/mol. The van der Waals surface area contributed by atoms with Crippen molar-refractivity contribution in [3.63, 3.8) is 0 Å². The van der Waals surface area contributed by atoms with Gasteiger partial charge in [-0.1, -0.05) is 11.6 Å². The maximum absolute atomic E-state index is 6.29. The molecule has 118 valence electrons. The van der Waals surface area contributed by atoms with Crippen molar-refractivity contribution >= 4 is 17.4 Å². The Morgan fingerprint density at radius 3 is 2.71 bits per heavy atom. The van der Waals surface area contributed by atoms with Gasteiger partial charge in [-0.15, -0.1) is 0 Å². The second-order valence-corrected chi connectivity index (χ2v) is 7.29. The van der Waals surface area contributed by atoms with Gasteiger partial charge in [0.2, 0.25) is 0 Å². The van der Waals surface area contributed by atoms with Gasteiger partial charge in [-0.25, -0.2) is 4.98 Å². The van der Waals surface area contributed by atoms with Gasteiger partial charge in [0.25, 0.3) is 0 Å². The lowest BCUT2D eigenvalue weighted by Crippen LogP contribution is -2.35. The molecule has 1 aromatic heterocycles. The zero-order valence-corrected chi connectivity index (χ0v) is 14.4. The highest BCUT2D eigenvalue weighted by Crippen LogP contribution is 2.22. The normalized spacial score (nSPS) is 17.9. The molecule has 2 rings (SSSR count). The quantitative estimate of drug-likeness (QED) is 0.930. The van der Waals surface area contributed by atoms with Gasteiger partial charge in [0, 0.05) is 37.9 Å². The monoisotopic (exact) mass is 310 g/mol. The van der Waals surface area contributed by atoms with Crippen LogP contribution in [0.3, 0.4) is 0 Å². The topological polar surface area (TPSA) is 31.4 Å². The summed E-state index contributed by atoms with van der Waals surface area (Å²) in [5, 5.41) is 4.23. The van der Waals surface area contributed by atoms with Crippen LogP contribution < -0.4 is 10.2 Å². The number of hydrogen-bond acceptors (Lipinski definition) is 4. The minimum Gasteiger partial charge on any atom is -0.355 e. The Balaban J connectivity index is 2.10. The van der Waals surface area contributed by atoms with E-state index in [0.29, 0.717) is 0 Å². The Morgan fingerprint density at radius 1 is 1.24 bits per heavy atom. The summed E-state index contributed by atoms with van der Waals surface area (Å²) in [4.78, 5) is 9.26. The standard InChI is InChI=1S/C16H27ClN4/c1-16(2,3)19-11-13-10-15(18-12-14(13)17)21-7-5-6-20(4)8-9-21/h10,12,19H,5-9,11H2,1-4H3. The molecule has 0 spiro atoms. The largest absolute Gasteiger partial charge is 0.355 e. The molecule has 0 amide bonds. The van der Waals surface area contributed by atoms with Crippen LogP contribution in [0.25, 0.3) is 0 Å². The predicted molar refractivity (Wildman–Crippen MR) is 90.2 cm³/mol. The van der Waals surface area contributed by atoms with E-state index in [1.165, 1.54) is 6.42 Å². The number of halogens is 1. The molecule has 1 saturated heterocycles. The minimum atomic E-state index is 0.0814. The molecular formula is C16H27ClN4. The molecule has 0 radical (unpaired) electrons. The van der Waals surface area contributed by atoms with Crippen molar-refractivity contribution in [3.05, 3.63) is 22.8 Å². The molecule has 1 aliphatic rings. The number of hydrogen-bond donors (Lipinski definition) is 1. The zero-order chi connectivity index (χ0) is 15.5. The summed E-state index contributed by atoms with van der Waals surface area (Å²) in [5.41, 5.74) is 1.20. The third-order valence-electron chi connectivity index (χ3n) is 3.77. The Morgan fingerprint density at radius 2 is 2.00 bits per heavy atom. The first kappa shape index (κ1) is 16.5. The molecule has 21 heavy (non-hydrogen) atoms. The third-order valence-corrected chi connectivity index (χ3v) is 4.11. The van der Waals surface area contributed by atoms with Crippen molar-refractivity contribution < 1.29 is 0 Å². The van der Waals surface area contributed by atoms with Gasteiger partial charge in [-0.3, -0.25) is 0 Å². The van der Waals surface area contributed by atoms with Crippen LogP contribution in [0.15, 0.2) is 12.3 Å². The van der Waals surface area contributed by atoms with Crippen LogP contribution in [-0.2, 0) is 6.54 Å². The average molecular weight is 311 g/mol. The molecule has 0 saturated carbocycles. The number of nitrogens with zero attached hydrogens (tertiary/aromatic N) is 3. The van der Waals surface area contributed by atoms with Crippen molar-refractivity contribution in [2.24, 2.45) is 0 Å². The smallest absolute Gasteiger partial charge is 0.128 e. The van der Waals surface area contributed by atoms with E-state index < -0.39 is 0 Å². The summed E-state index contributed by atoms with van der Waals surface area (Å²) in [5.74, 6) is 1.04. The van der Waals surface area contributed by atoms with Crippen LogP contribution >= 0.6 is 11.6 Å². The Kier molecular flexibility index (Phi) is 5.47. The highest BCUT2D eigenvalue weighted by atomic mass is 35.5. The van der Waals surface area contributed by atoms with E-state index in [-0.39, 0.29) is 5.54 Å². The molecule has 5 heteroatoms. The van der Waals surface area contributed by atoms with Gasteiger partial charge in [-0.05, 0) is 52.4 Å². The van der Waals surface area contributed by atoms with E-state index in [0.717, 1.165) is 49.1 Å². The van der Waals surface area contributed by atoms with E-state index in [2.05, 4.69) is 54.0 Å². The van der Waals surface area contributed by atoms with E-state index >= 15 is 0 Å². The van der Waals surface area contributed by atoms with E-state index in [9.17, 15) is 0 Å². The van der Waals surface area contributed by atoms with Crippen LogP contribution in [0.2, 0.25) is 5.02 Å². The Labute approximate surface area is 133 Å². The minimum absolute atomic E-state index is 0.0814. The first-order valence-corrected chi connectivity index (χ1v) is 8.06. The van der Waals surface area contributed by atoms with Crippen molar-refractivity contribution in [2.45, 2.75) is 39.3 Å². The maximum Gasteiger partial charge on any atom is 0.128 e. The fourth-order valence-corrected chi connectivity index (χ4v) is 2.58. The van der Waals surface area contributed by atoms with Crippen molar-refractivity contribution in [1.29, 1.82) is 0 Å². The summed E-state index contributed by atoms with van der Waals surface area (Å²) in [7, 11) is 2.18. The van der Waals surface area contributed by atoms with E-state index in [1.807, 2.05) is 0 Å². The Bertz CT molecular complexity index is 470.